The van der Waals surface area contributed by atoms with Gasteiger partial charge in [-0.2, -0.15) is 0 Å². The van der Waals surface area contributed by atoms with Gasteiger partial charge in [-0.15, -0.1) is 11.8 Å². The zero-order chi connectivity index (χ0) is 16.5. The number of carbonyl (C=O) groups excluding carboxylic acids is 1. The Labute approximate surface area is 139 Å². The predicted octanol–water partition coefficient (Wildman–Crippen LogP) is 4.66. The number of hydrogen-bond donors (Lipinski definition) is 1. The first kappa shape index (κ1) is 21.3. The molecule has 0 aromatic carbocycles. The topological polar surface area (TPSA) is 63.6 Å². The second kappa shape index (κ2) is 16.7. The van der Waals surface area contributed by atoms with Crippen LogP contribution in [0.2, 0.25) is 0 Å². The van der Waals surface area contributed by atoms with Crippen LogP contribution in [0, 0.1) is 0 Å². The largest absolute Gasteiger partial charge is 0.481 e. The molecule has 0 atom stereocenters. The molecule has 0 heterocycles. The van der Waals surface area contributed by atoms with Gasteiger partial charge in [0.25, 0.3) is 0 Å². The second-order valence-electron chi connectivity index (χ2n) is 5.64. The summed E-state index contributed by atoms with van der Waals surface area (Å²) in [5.41, 5.74) is 0. The Morgan fingerprint density at radius 2 is 1.32 bits per heavy atom. The molecule has 0 aliphatic carbocycles. The molecule has 5 heteroatoms. The van der Waals surface area contributed by atoms with E-state index in [4.69, 9.17) is 9.84 Å². The van der Waals surface area contributed by atoms with Crippen LogP contribution in [0.15, 0.2) is 0 Å². The van der Waals surface area contributed by atoms with E-state index in [2.05, 4.69) is 6.92 Å². The summed E-state index contributed by atoms with van der Waals surface area (Å²) < 4.78 is 5.05. The number of rotatable bonds is 16. The Balaban J connectivity index is 3.13. The highest BCUT2D eigenvalue weighted by Gasteiger charge is 2.04. The molecule has 0 aliphatic heterocycles. The smallest absolute Gasteiger partial charge is 0.315 e. The molecule has 22 heavy (non-hydrogen) atoms. The van der Waals surface area contributed by atoms with Crippen LogP contribution in [-0.2, 0) is 14.3 Å². The molecule has 0 spiro atoms. The number of carbonyl (C=O) groups is 2. The number of ether oxygens (including phenoxy) is 1. The van der Waals surface area contributed by atoms with E-state index in [-0.39, 0.29) is 17.5 Å². The molecule has 0 fully saturated rings. The lowest BCUT2D eigenvalue weighted by Gasteiger charge is -2.04. The first-order valence-electron chi connectivity index (χ1n) is 8.62. The SMILES string of the molecule is CCCCCCCCCCCCCOC(=O)CSCC(=O)O. The van der Waals surface area contributed by atoms with E-state index < -0.39 is 5.97 Å². The summed E-state index contributed by atoms with van der Waals surface area (Å²) in [6, 6.07) is 0. The fourth-order valence-corrected chi connectivity index (χ4v) is 2.74. The maximum Gasteiger partial charge on any atom is 0.315 e. The molecule has 4 nitrogen and oxygen atoms in total. The van der Waals surface area contributed by atoms with Crippen molar-refractivity contribution in [3.8, 4) is 0 Å². The number of unbranched alkanes of at least 4 members (excludes halogenated alkanes) is 10. The lowest BCUT2D eigenvalue weighted by atomic mass is 10.1. The Hall–Kier alpha value is -0.710. The van der Waals surface area contributed by atoms with E-state index in [1.54, 1.807) is 0 Å². The van der Waals surface area contributed by atoms with E-state index in [9.17, 15) is 9.59 Å². The molecule has 0 radical (unpaired) electrons. The molecule has 0 bridgehead atoms. The average Bonchev–Trinajstić information content (AvgIpc) is 2.48. The summed E-state index contributed by atoms with van der Waals surface area (Å²) in [6.45, 7) is 2.70. The van der Waals surface area contributed by atoms with E-state index in [0.717, 1.165) is 24.6 Å². The third-order valence-corrected chi connectivity index (χ3v) is 4.35. The minimum absolute atomic E-state index is 0.0481. The monoisotopic (exact) mass is 332 g/mol. The fraction of sp³-hybridized carbons (Fsp3) is 0.882. The molecule has 0 aromatic heterocycles. The molecule has 0 unspecified atom stereocenters. The van der Waals surface area contributed by atoms with Crippen molar-refractivity contribution in [1.29, 1.82) is 0 Å². The van der Waals surface area contributed by atoms with Crippen LogP contribution in [0.5, 0.6) is 0 Å². The average molecular weight is 333 g/mol. The van der Waals surface area contributed by atoms with Crippen molar-refractivity contribution >= 4 is 23.7 Å². The molecule has 0 aliphatic rings. The van der Waals surface area contributed by atoms with Gasteiger partial charge >= 0.3 is 11.9 Å². The lowest BCUT2D eigenvalue weighted by Crippen LogP contribution is -2.10. The third-order valence-electron chi connectivity index (χ3n) is 3.46. The van der Waals surface area contributed by atoms with Crippen LogP contribution in [-0.4, -0.2) is 35.2 Å². The molecule has 0 amide bonds. The predicted molar refractivity (Wildman–Crippen MR) is 92.4 cm³/mol. The first-order valence-corrected chi connectivity index (χ1v) is 9.77. The number of aliphatic carboxylic acids is 1. The van der Waals surface area contributed by atoms with Crippen molar-refractivity contribution in [3.63, 3.8) is 0 Å². The minimum Gasteiger partial charge on any atom is -0.481 e. The maximum absolute atomic E-state index is 11.3. The standard InChI is InChI=1S/C17H32O4S/c1-2-3-4-5-6-7-8-9-10-11-12-13-21-17(20)15-22-14-16(18)19/h2-15H2,1H3,(H,18,19). The van der Waals surface area contributed by atoms with Gasteiger partial charge in [0.1, 0.15) is 0 Å². The van der Waals surface area contributed by atoms with E-state index in [1.165, 1.54) is 57.8 Å². The number of hydrogen-bond acceptors (Lipinski definition) is 4. The van der Waals surface area contributed by atoms with Crippen molar-refractivity contribution in [2.45, 2.75) is 77.6 Å². The molecule has 0 saturated heterocycles. The Morgan fingerprint density at radius 3 is 1.82 bits per heavy atom. The third kappa shape index (κ3) is 17.3. The fourth-order valence-electron chi connectivity index (χ4n) is 2.22. The van der Waals surface area contributed by atoms with Gasteiger partial charge in [-0.3, -0.25) is 9.59 Å². The van der Waals surface area contributed by atoms with Gasteiger partial charge in [0.2, 0.25) is 0 Å². The minimum atomic E-state index is -0.900. The number of thioether (sulfide) groups is 1. The Kier molecular flexibility index (Phi) is 16.1. The molecular formula is C17H32O4S. The van der Waals surface area contributed by atoms with Crippen molar-refractivity contribution in [2.24, 2.45) is 0 Å². The quantitative estimate of drug-likeness (QED) is 0.329. The van der Waals surface area contributed by atoms with Crippen LogP contribution >= 0.6 is 11.8 Å². The van der Waals surface area contributed by atoms with Crippen LogP contribution in [0.1, 0.15) is 77.6 Å². The molecule has 130 valence electrons. The number of carboxylic acid groups (broad SMARTS) is 1. The Morgan fingerprint density at radius 1 is 0.818 bits per heavy atom. The normalized spacial score (nSPS) is 10.6. The summed E-state index contributed by atoms with van der Waals surface area (Å²) in [7, 11) is 0. The van der Waals surface area contributed by atoms with E-state index in [0.29, 0.717) is 6.61 Å². The van der Waals surface area contributed by atoms with E-state index in [1.807, 2.05) is 0 Å². The zero-order valence-electron chi connectivity index (χ0n) is 14.0. The summed E-state index contributed by atoms with van der Waals surface area (Å²) in [6.07, 6.45) is 14.0. The zero-order valence-corrected chi connectivity index (χ0v) is 14.8. The molecule has 0 aromatic rings. The Bertz CT molecular complexity index is 282. The number of esters is 1. The van der Waals surface area contributed by atoms with E-state index >= 15 is 0 Å². The van der Waals surface area contributed by atoms with Crippen molar-refractivity contribution < 1.29 is 19.4 Å². The highest BCUT2D eigenvalue weighted by molar-refractivity contribution is 8.00. The van der Waals surface area contributed by atoms with Gasteiger partial charge in [0, 0.05) is 0 Å². The second-order valence-corrected chi connectivity index (χ2v) is 6.63. The van der Waals surface area contributed by atoms with Crippen LogP contribution in [0.4, 0.5) is 0 Å². The van der Waals surface area contributed by atoms with Crippen LogP contribution < -0.4 is 0 Å². The van der Waals surface area contributed by atoms with Crippen molar-refractivity contribution in [3.05, 3.63) is 0 Å². The maximum atomic E-state index is 11.3. The highest BCUT2D eigenvalue weighted by Crippen LogP contribution is 2.11. The van der Waals surface area contributed by atoms with Gasteiger partial charge < -0.3 is 9.84 Å². The molecule has 0 saturated carbocycles. The van der Waals surface area contributed by atoms with Crippen LogP contribution in [0.25, 0.3) is 0 Å². The van der Waals surface area contributed by atoms with Crippen molar-refractivity contribution in [1.82, 2.24) is 0 Å². The molecule has 1 N–H and O–H groups in total. The van der Waals surface area contributed by atoms with Gasteiger partial charge in [0.15, 0.2) is 0 Å². The lowest BCUT2D eigenvalue weighted by molar-refractivity contribution is -0.140. The van der Waals surface area contributed by atoms with Gasteiger partial charge in [0.05, 0.1) is 18.1 Å². The summed E-state index contributed by atoms with van der Waals surface area (Å²) in [5.74, 6) is -1.13. The molecular weight excluding hydrogens is 300 g/mol. The summed E-state index contributed by atoms with van der Waals surface area (Å²) in [4.78, 5) is 21.6. The van der Waals surface area contributed by atoms with Crippen molar-refractivity contribution in [2.75, 3.05) is 18.1 Å². The first-order chi connectivity index (χ1) is 10.7. The summed E-state index contributed by atoms with van der Waals surface area (Å²) in [5, 5.41) is 8.44. The number of carboxylic acids is 1. The highest BCUT2D eigenvalue weighted by atomic mass is 32.2. The molecule has 0 rings (SSSR count). The van der Waals surface area contributed by atoms with Crippen LogP contribution in [0.3, 0.4) is 0 Å². The summed E-state index contributed by atoms with van der Waals surface area (Å²) >= 11 is 1.08. The van der Waals surface area contributed by atoms with Gasteiger partial charge in [-0.1, -0.05) is 71.1 Å². The van der Waals surface area contributed by atoms with Gasteiger partial charge in [-0.05, 0) is 6.42 Å². The van der Waals surface area contributed by atoms with Gasteiger partial charge in [-0.25, -0.2) is 0 Å².